The van der Waals surface area contributed by atoms with E-state index in [9.17, 15) is 4.39 Å². The molecule has 2 rings (SSSR count). The number of anilines is 1. The lowest BCUT2D eigenvalue weighted by atomic mass is 10.2. The number of nitrogens with zero attached hydrogens (tertiary/aromatic N) is 3. The van der Waals surface area contributed by atoms with Gasteiger partial charge in [0.25, 0.3) is 0 Å². The summed E-state index contributed by atoms with van der Waals surface area (Å²) in [7, 11) is 1.98. The molecule has 5 heteroatoms. The zero-order chi connectivity index (χ0) is 12.4. The number of likely N-dealkylation sites (N-methyl/N-ethyl adjacent to an activating group) is 1. The van der Waals surface area contributed by atoms with Gasteiger partial charge in [0.15, 0.2) is 0 Å². The second kappa shape index (κ2) is 5.04. The number of alkyl halides is 1. The van der Waals surface area contributed by atoms with Crippen molar-refractivity contribution in [1.82, 2.24) is 14.7 Å². The van der Waals surface area contributed by atoms with E-state index in [2.05, 4.69) is 29.2 Å². The van der Waals surface area contributed by atoms with Crippen LogP contribution in [0.2, 0.25) is 0 Å². The van der Waals surface area contributed by atoms with Crippen molar-refractivity contribution in [3.8, 4) is 0 Å². The van der Waals surface area contributed by atoms with E-state index in [1.165, 1.54) is 0 Å². The van der Waals surface area contributed by atoms with Gasteiger partial charge in [-0.25, -0.2) is 4.39 Å². The van der Waals surface area contributed by atoms with Crippen LogP contribution in [0.3, 0.4) is 0 Å². The van der Waals surface area contributed by atoms with E-state index in [1.54, 1.807) is 0 Å². The number of nitrogens with one attached hydrogen (secondary N) is 1. The number of rotatable bonds is 4. The van der Waals surface area contributed by atoms with Crippen LogP contribution < -0.4 is 5.32 Å². The van der Waals surface area contributed by atoms with Gasteiger partial charge in [0.05, 0.1) is 11.9 Å². The Morgan fingerprint density at radius 3 is 2.88 bits per heavy atom. The lowest BCUT2D eigenvalue weighted by Gasteiger charge is -2.19. The van der Waals surface area contributed by atoms with Crippen LogP contribution in [0.15, 0.2) is 12.4 Å². The van der Waals surface area contributed by atoms with Crippen molar-refractivity contribution < 1.29 is 4.39 Å². The highest BCUT2D eigenvalue weighted by atomic mass is 19.1. The van der Waals surface area contributed by atoms with Crippen molar-refractivity contribution in [2.45, 2.75) is 38.5 Å². The smallest absolute Gasteiger partial charge is 0.114 e. The first kappa shape index (κ1) is 12.4. The van der Waals surface area contributed by atoms with Crippen molar-refractivity contribution in [2.24, 2.45) is 0 Å². The van der Waals surface area contributed by atoms with E-state index < -0.39 is 6.17 Å². The topological polar surface area (TPSA) is 33.1 Å². The Hall–Kier alpha value is -1.10. The highest BCUT2D eigenvalue weighted by Gasteiger charge is 2.28. The molecule has 1 saturated heterocycles. The molecule has 4 nitrogen and oxygen atoms in total. The normalized spacial score (nSPS) is 25.7. The molecule has 0 amide bonds. The largest absolute Gasteiger partial charge is 0.381 e. The van der Waals surface area contributed by atoms with Crippen LogP contribution in [0, 0.1) is 0 Å². The van der Waals surface area contributed by atoms with Crippen LogP contribution in [-0.4, -0.2) is 47.0 Å². The van der Waals surface area contributed by atoms with Gasteiger partial charge in [-0.1, -0.05) is 0 Å². The minimum absolute atomic E-state index is 0.285. The fraction of sp³-hybridized carbons (Fsp3) is 0.750. The lowest BCUT2D eigenvalue weighted by Crippen LogP contribution is -2.31. The van der Waals surface area contributed by atoms with Crippen molar-refractivity contribution >= 4 is 5.69 Å². The van der Waals surface area contributed by atoms with E-state index in [0.717, 1.165) is 12.2 Å². The summed E-state index contributed by atoms with van der Waals surface area (Å²) in [6.45, 7) is 5.52. The predicted molar refractivity (Wildman–Crippen MR) is 67.0 cm³/mol. The molecule has 2 heterocycles. The Bertz CT molecular complexity index is 363. The van der Waals surface area contributed by atoms with E-state index in [4.69, 9.17) is 0 Å². The van der Waals surface area contributed by atoms with E-state index in [1.807, 2.05) is 24.1 Å². The molecule has 0 spiro atoms. The maximum Gasteiger partial charge on any atom is 0.114 e. The van der Waals surface area contributed by atoms with Gasteiger partial charge in [-0.05, 0) is 27.3 Å². The zero-order valence-corrected chi connectivity index (χ0v) is 10.7. The first-order chi connectivity index (χ1) is 8.06. The quantitative estimate of drug-likeness (QED) is 0.873. The Kier molecular flexibility index (Phi) is 3.66. The number of aromatic nitrogens is 2. The number of likely N-dealkylation sites (tertiary alicyclic amines) is 1. The van der Waals surface area contributed by atoms with Crippen LogP contribution in [0.5, 0.6) is 0 Å². The van der Waals surface area contributed by atoms with Gasteiger partial charge >= 0.3 is 0 Å². The van der Waals surface area contributed by atoms with Crippen molar-refractivity contribution in [3.63, 3.8) is 0 Å². The van der Waals surface area contributed by atoms with Gasteiger partial charge in [0.2, 0.25) is 0 Å². The molecule has 0 saturated carbocycles. The molecule has 1 aromatic heterocycles. The van der Waals surface area contributed by atoms with Crippen molar-refractivity contribution in [3.05, 3.63) is 12.4 Å². The molecule has 0 radical (unpaired) electrons. The molecule has 96 valence electrons. The molecule has 0 unspecified atom stereocenters. The highest BCUT2D eigenvalue weighted by molar-refractivity contribution is 5.38. The monoisotopic (exact) mass is 240 g/mol. The summed E-state index contributed by atoms with van der Waals surface area (Å²) in [6, 6.07) is 0.655. The third-order valence-corrected chi connectivity index (χ3v) is 3.31. The fourth-order valence-corrected chi connectivity index (χ4v) is 2.20. The van der Waals surface area contributed by atoms with Crippen LogP contribution in [0.1, 0.15) is 26.3 Å². The first-order valence-electron chi connectivity index (χ1n) is 6.18. The van der Waals surface area contributed by atoms with Gasteiger partial charge in [-0.3, -0.25) is 9.58 Å². The summed E-state index contributed by atoms with van der Waals surface area (Å²) >= 11 is 0. The van der Waals surface area contributed by atoms with Crippen LogP contribution in [0.4, 0.5) is 10.1 Å². The number of hydrogen-bond acceptors (Lipinski definition) is 3. The predicted octanol–water partition coefficient (Wildman–Crippen LogP) is 1.92. The molecule has 1 aromatic rings. The van der Waals surface area contributed by atoms with Crippen LogP contribution in [-0.2, 0) is 0 Å². The highest BCUT2D eigenvalue weighted by Crippen LogP contribution is 2.19. The Balaban J connectivity index is 1.85. The van der Waals surface area contributed by atoms with Gasteiger partial charge in [-0.2, -0.15) is 5.10 Å². The summed E-state index contributed by atoms with van der Waals surface area (Å²) < 4.78 is 15.1. The summed E-state index contributed by atoms with van der Waals surface area (Å²) in [5, 5.41) is 7.58. The first-order valence-corrected chi connectivity index (χ1v) is 6.18. The van der Waals surface area contributed by atoms with Crippen LogP contribution >= 0.6 is 0 Å². The number of halogens is 1. The summed E-state index contributed by atoms with van der Waals surface area (Å²) in [6.07, 6.45) is 3.76. The molecule has 0 aliphatic carbocycles. The SMILES string of the molecule is CC(C)n1cc(NC[C@@H]2C[C@@H](F)CN2C)cn1. The van der Waals surface area contributed by atoms with E-state index in [-0.39, 0.29) is 6.04 Å². The Labute approximate surface area is 102 Å². The second-order valence-electron chi connectivity index (χ2n) is 5.11. The minimum Gasteiger partial charge on any atom is -0.381 e. The van der Waals surface area contributed by atoms with E-state index in [0.29, 0.717) is 19.0 Å². The molecule has 2 atom stereocenters. The average Bonchev–Trinajstić information content (AvgIpc) is 2.82. The molecular formula is C12H21FN4. The van der Waals surface area contributed by atoms with Gasteiger partial charge < -0.3 is 5.32 Å². The molecular weight excluding hydrogens is 219 g/mol. The summed E-state index contributed by atoms with van der Waals surface area (Å²) in [5.41, 5.74) is 1.01. The Morgan fingerprint density at radius 2 is 2.35 bits per heavy atom. The fourth-order valence-electron chi connectivity index (χ4n) is 2.20. The molecule has 1 aliphatic heterocycles. The summed E-state index contributed by atoms with van der Waals surface area (Å²) in [5.74, 6) is 0. The third kappa shape index (κ3) is 2.97. The zero-order valence-electron chi connectivity index (χ0n) is 10.7. The molecule has 1 aliphatic rings. The molecule has 1 N–H and O–H groups in total. The van der Waals surface area contributed by atoms with Crippen LogP contribution in [0.25, 0.3) is 0 Å². The Morgan fingerprint density at radius 1 is 1.59 bits per heavy atom. The third-order valence-electron chi connectivity index (χ3n) is 3.31. The second-order valence-corrected chi connectivity index (χ2v) is 5.11. The van der Waals surface area contributed by atoms with E-state index >= 15 is 0 Å². The van der Waals surface area contributed by atoms with Gasteiger partial charge in [0, 0.05) is 31.4 Å². The average molecular weight is 240 g/mol. The summed E-state index contributed by atoms with van der Waals surface area (Å²) in [4.78, 5) is 2.07. The lowest BCUT2D eigenvalue weighted by molar-refractivity contribution is 0.300. The van der Waals surface area contributed by atoms with Gasteiger partial charge in [0.1, 0.15) is 6.17 Å². The molecule has 17 heavy (non-hydrogen) atoms. The maximum absolute atomic E-state index is 13.2. The molecule has 0 aromatic carbocycles. The standard InChI is InChI=1S/C12H21FN4/c1-9(2)17-8-11(5-15-17)14-6-12-4-10(13)7-16(12)3/h5,8-10,12,14H,4,6-7H2,1-3H3/t10-,12+/m1/s1. The maximum atomic E-state index is 13.2. The molecule has 1 fully saturated rings. The minimum atomic E-state index is -0.676. The molecule has 0 bridgehead atoms. The number of hydrogen-bond donors (Lipinski definition) is 1. The van der Waals surface area contributed by atoms with Crippen molar-refractivity contribution in [2.75, 3.05) is 25.5 Å². The van der Waals surface area contributed by atoms with Crippen molar-refractivity contribution in [1.29, 1.82) is 0 Å². The van der Waals surface area contributed by atoms with Gasteiger partial charge in [-0.15, -0.1) is 0 Å².